The van der Waals surface area contributed by atoms with E-state index < -0.39 is 48.4 Å². The van der Waals surface area contributed by atoms with Crippen LogP contribution in [0, 0.1) is 0 Å². The zero-order valence-corrected chi connectivity index (χ0v) is 10.6. The van der Waals surface area contributed by atoms with Gasteiger partial charge in [0.2, 0.25) is 0 Å². The van der Waals surface area contributed by atoms with Crippen LogP contribution < -0.4 is 4.90 Å². The van der Waals surface area contributed by atoms with Crippen molar-refractivity contribution in [3.63, 3.8) is 0 Å². The predicted molar refractivity (Wildman–Crippen MR) is 60.1 cm³/mol. The second-order valence-electron chi connectivity index (χ2n) is 4.16. The fraction of sp³-hybridized carbons (Fsp3) is 0.455. The number of carboxylic acid groups (broad SMARTS) is 1. The summed E-state index contributed by atoms with van der Waals surface area (Å²) in [5.74, 6) is -2.24. The van der Waals surface area contributed by atoms with Gasteiger partial charge in [0.1, 0.15) is 17.1 Å². The van der Waals surface area contributed by atoms with E-state index in [9.17, 15) is 31.1 Å². The molecule has 1 heterocycles. The van der Waals surface area contributed by atoms with Gasteiger partial charge >= 0.3 is 18.3 Å². The molecule has 0 unspecified atom stereocenters. The molecule has 0 aliphatic carbocycles. The smallest absolute Gasteiger partial charge is 0.433 e. The maximum atomic E-state index is 12.5. The van der Waals surface area contributed by atoms with Gasteiger partial charge in [0.15, 0.2) is 0 Å². The van der Waals surface area contributed by atoms with Gasteiger partial charge in [0.25, 0.3) is 0 Å². The van der Waals surface area contributed by atoms with Gasteiger partial charge in [-0.2, -0.15) is 26.3 Å². The van der Waals surface area contributed by atoms with E-state index in [1.54, 1.807) is 0 Å². The molecule has 1 rings (SSSR count). The summed E-state index contributed by atoms with van der Waals surface area (Å²) in [4.78, 5) is 14.8. The molecule has 10 heteroatoms. The SMILES string of the molecule is CN(CCC(F)(F)F)c1nc(C(F)(F)F)ccc1C(=O)O. The molecule has 0 fully saturated rings. The lowest BCUT2D eigenvalue weighted by Gasteiger charge is -2.21. The van der Waals surface area contributed by atoms with Crippen molar-refractivity contribution in [3.05, 3.63) is 23.4 Å². The number of anilines is 1. The molecule has 0 saturated heterocycles. The number of nitrogens with zero attached hydrogens (tertiary/aromatic N) is 2. The van der Waals surface area contributed by atoms with Crippen LogP contribution in [0.2, 0.25) is 0 Å². The van der Waals surface area contributed by atoms with Gasteiger partial charge < -0.3 is 10.0 Å². The lowest BCUT2D eigenvalue weighted by atomic mass is 10.2. The minimum atomic E-state index is -4.82. The van der Waals surface area contributed by atoms with Crippen molar-refractivity contribution in [1.29, 1.82) is 0 Å². The van der Waals surface area contributed by atoms with Gasteiger partial charge in [-0.3, -0.25) is 0 Å². The van der Waals surface area contributed by atoms with Crippen LogP contribution in [0.1, 0.15) is 22.5 Å². The quantitative estimate of drug-likeness (QED) is 0.867. The molecular weight excluding hydrogens is 306 g/mol. The largest absolute Gasteiger partial charge is 0.478 e. The second-order valence-corrected chi connectivity index (χ2v) is 4.16. The van der Waals surface area contributed by atoms with Crippen LogP contribution >= 0.6 is 0 Å². The number of rotatable bonds is 4. The molecule has 1 aromatic heterocycles. The van der Waals surface area contributed by atoms with Crippen LogP contribution in [0.4, 0.5) is 32.2 Å². The number of carboxylic acids is 1. The zero-order valence-electron chi connectivity index (χ0n) is 10.6. The summed E-state index contributed by atoms with van der Waals surface area (Å²) < 4.78 is 73.9. The minimum absolute atomic E-state index is 0.463. The van der Waals surface area contributed by atoms with Gasteiger partial charge in [-0.25, -0.2) is 9.78 Å². The van der Waals surface area contributed by atoms with Crippen LogP contribution in [-0.2, 0) is 6.18 Å². The molecule has 118 valence electrons. The Morgan fingerprint density at radius 2 is 1.81 bits per heavy atom. The fourth-order valence-corrected chi connectivity index (χ4v) is 1.46. The van der Waals surface area contributed by atoms with E-state index in [0.717, 1.165) is 11.9 Å². The molecule has 0 aliphatic heterocycles. The standard InChI is InChI=1S/C11H10F6N2O2/c1-19(5-4-10(12,13)14)8-6(9(20)21)2-3-7(18-8)11(15,16)17/h2-3H,4-5H2,1H3,(H,20,21). The number of hydrogen-bond acceptors (Lipinski definition) is 3. The highest BCUT2D eigenvalue weighted by molar-refractivity contribution is 5.93. The van der Waals surface area contributed by atoms with Crippen LogP contribution in [0.15, 0.2) is 12.1 Å². The number of pyridine rings is 1. The van der Waals surface area contributed by atoms with E-state index >= 15 is 0 Å². The van der Waals surface area contributed by atoms with Crippen molar-refractivity contribution >= 4 is 11.8 Å². The molecule has 0 atom stereocenters. The average molecular weight is 316 g/mol. The number of halogens is 6. The summed E-state index contributed by atoms with van der Waals surface area (Å²) in [5.41, 5.74) is -1.98. The monoisotopic (exact) mass is 316 g/mol. The van der Waals surface area contributed by atoms with Gasteiger partial charge in [-0.15, -0.1) is 0 Å². The molecule has 1 aromatic rings. The first-order chi connectivity index (χ1) is 9.42. The zero-order chi connectivity index (χ0) is 16.4. The normalized spacial score (nSPS) is 12.3. The molecule has 0 spiro atoms. The summed E-state index contributed by atoms with van der Waals surface area (Å²) in [5, 5.41) is 8.87. The minimum Gasteiger partial charge on any atom is -0.478 e. The summed E-state index contributed by atoms with van der Waals surface area (Å²) in [6.07, 6.45) is -10.6. The van der Waals surface area contributed by atoms with Gasteiger partial charge in [0, 0.05) is 13.6 Å². The van der Waals surface area contributed by atoms with E-state index in [-0.39, 0.29) is 0 Å². The molecular formula is C11H10F6N2O2. The van der Waals surface area contributed by atoms with Crippen molar-refractivity contribution in [3.8, 4) is 0 Å². The summed E-state index contributed by atoms with van der Waals surface area (Å²) in [7, 11) is 1.04. The van der Waals surface area contributed by atoms with Crippen molar-refractivity contribution in [2.45, 2.75) is 18.8 Å². The van der Waals surface area contributed by atoms with Crippen LogP contribution in [0.3, 0.4) is 0 Å². The topological polar surface area (TPSA) is 53.4 Å². The molecule has 0 radical (unpaired) electrons. The third-order valence-electron chi connectivity index (χ3n) is 2.49. The van der Waals surface area contributed by atoms with Gasteiger partial charge in [-0.1, -0.05) is 0 Å². The van der Waals surface area contributed by atoms with Crippen molar-refractivity contribution in [2.75, 3.05) is 18.5 Å². The number of aromatic nitrogens is 1. The van der Waals surface area contributed by atoms with Crippen molar-refractivity contribution in [2.24, 2.45) is 0 Å². The molecule has 0 saturated carbocycles. The molecule has 0 bridgehead atoms. The Hall–Kier alpha value is -2.00. The lowest BCUT2D eigenvalue weighted by molar-refractivity contribution is -0.141. The Morgan fingerprint density at radius 3 is 2.24 bits per heavy atom. The Balaban J connectivity index is 3.14. The van der Waals surface area contributed by atoms with E-state index in [0.29, 0.717) is 12.1 Å². The Morgan fingerprint density at radius 1 is 1.24 bits per heavy atom. The van der Waals surface area contributed by atoms with Crippen molar-refractivity contribution < 1.29 is 36.2 Å². The van der Waals surface area contributed by atoms with E-state index in [1.165, 1.54) is 0 Å². The third-order valence-corrected chi connectivity index (χ3v) is 2.49. The first kappa shape index (κ1) is 17.1. The summed E-state index contributed by atoms with van der Waals surface area (Å²) in [6.45, 7) is -0.710. The molecule has 4 nitrogen and oxygen atoms in total. The average Bonchev–Trinajstić information content (AvgIpc) is 2.33. The van der Waals surface area contributed by atoms with E-state index in [4.69, 9.17) is 5.11 Å². The second kappa shape index (κ2) is 5.78. The van der Waals surface area contributed by atoms with E-state index in [1.807, 2.05) is 0 Å². The number of hydrogen-bond donors (Lipinski definition) is 1. The fourth-order valence-electron chi connectivity index (χ4n) is 1.46. The van der Waals surface area contributed by atoms with Gasteiger partial charge in [-0.05, 0) is 12.1 Å². The molecule has 0 aromatic carbocycles. The summed E-state index contributed by atoms with van der Waals surface area (Å²) >= 11 is 0. The predicted octanol–water partition coefficient (Wildman–Crippen LogP) is 3.19. The number of alkyl halides is 6. The first-order valence-corrected chi connectivity index (χ1v) is 5.51. The third kappa shape index (κ3) is 4.80. The Labute approximate surface area is 115 Å². The summed E-state index contributed by atoms with van der Waals surface area (Å²) in [6, 6.07) is 1.13. The maximum Gasteiger partial charge on any atom is 0.433 e. The first-order valence-electron chi connectivity index (χ1n) is 5.51. The van der Waals surface area contributed by atoms with Crippen LogP contribution in [0.25, 0.3) is 0 Å². The van der Waals surface area contributed by atoms with Gasteiger partial charge in [0.05, 0.1) is 6.42 Å². The lowest BCUT2D eigenvalue weighted by Crippen LogP contribution is -2.27. The highest BCUT2D eigenvalue weighted by Crippen LogP contribution is 2.31. The molecule has 0 amide bonds. The number of aromatic carboxylic acids is 1. The van der Waals surface area contributed by atoms with Crippen molar-refractivity contribution in [1.82, 2.24) is 4.98 Å². The molecule has 21 heavy (non-hydrogen) atoms. The Bertz CT molecular complexity index is 526. The van der Waals surface area contributed by atoms with E-state index in [2.05, 4.69) is 4.98 Å². The Kier molecular flexibility index (Phi) is 4.69. The molecule has 0 aliphatic rings. The van der Waals surface area contributed by atoms with Crippen LogP contribution in [0.5, 0.6) is 0 Å². The van der Waals surface area contributed by atoms with Crippen LogP contribution in [-0.4, -0.2) is 35.8 Å². The number of carbonyl (C=O) groups is 1. The highest BCUT2D eigenvalue weighted by Gasteiger charge is 2.34. The molecule has 1 N–H and O–H groups in total. The highest BCUT2D eigenvalue weighted by atomic mass is 19.4. The maximum absolute atomic E-state index is 12.5.